The van der Waals surface area contributed by atoms with Gasteiger partial charge in [0.2, 0.25) is 21.8 Å². The Morgan fingerprint density at radius 3 is 2.68 bits per heavy atom. The maximum absolute atomic E-state index is 12.2. The number of fused-ring (bicyclic) bond motifs is 1. The van der Waals surface area contributed by atoms with Gasteiger partial charge in [0.25, 0.3) is 0 Å². The first-order valence-electron chi connectivity index (χ1n) is 9.85. The van der Waals surface area contributed by atoms with E-state index in [1.54, 1.807) is 18.2 Å². The number of aromatic nitrogens is 2. The van der Waals surface area contributed by atoms with Gasteiger partial charge < -0.3 is 19.6 Å². The zero-order valence-electron chi connectivity index (χ0n) is 17.1. The van der Waals surface area contributed by atoms with E-state index < -0.39 is 10.0 Å². The van der Waals surface area contributed by atoms with E-state index in [0.29, 0.717) is 30.1 Å². The Morgan fingerprint density at radius 2 is 2.00 bits per heavy atom. The summed E-state index contributed by atoms with van der Waals surface area (Å²) in [4.78, 5) is 28.5. The number of furan rings is 1. The molecule has 0 saturated carbocycles. The zero-order valence-corrected chi connectivity index (χ0v) is 17.9. The van der Waals surface area contributed by atoms with Crippen LogP contribution in [0.15, 0.2) is 45.9 Å². The third kappa shape index (κ3) is 5.92. The molecule has 0 aliphatic heterocycles. The predicted molar refractivity (Wildman–Crippen MR) is 113 cm³/mol. The molecule has 0 fully saturated rings. The van der Waals surface area contributed by atoms with Crippen molar-refractivity contribution in [1.29, 1.82) is 0 Å². The zero-order chi connectivity index (χ0) is 22.4. The molecule has 4 N–H and O–H groups in total. The number of nitrogens with zero attached hydrogens (tertiary/aromatic N) is 2. The van der Waals surface area contributed by atoms with Gasteiger partial charge >= 0.3 is 0 Å². The van der Waals surface area contributed by atoms with Crippen LogP contribution in [-0.2, 0) is 39.1 Å². The highest BCUT2D eigenvalue weighted by Crippen LogP contribution is 2.21. The van der Waals surface area contributed by atoms with E-state index >= 15 is 0 Å². The molecule has 2 aromatic heterocycles. The van der Waals surface area contributed by atoms with Crippen molar-refractivity contribution in [1.82, 2.24) is 20.2 Å². The fourth-order valence-electron chi connectivity index (χ4n) is 3.15. The molecule has 0 saturated heterocycles. The molecule has 3 rings (SSSR count). The van der Waals surface area contributed by atoms with Crippen molar-refractivity contribution in [3.63, 3.8) is 0 Å². The molecule has 0 radical (unpaired) electrons. The first-order chi connectivity index (χ1) is 14.8. The lowest BCUT2D eigenvalue weighted by atomic mass is 10.2. The van der Waals surface area contributed by atoms with Crippen molar-refractivity contribution in [2.75, 3.05) is 6.54 Å². The average molecular weight is 448 g/mol. The highest BCUT2D eigenvalue weighted by Gasteiger charge is 2.15. The molecule has 11 heteroatoms. The minimum Gasteiger partial charge on any atom is -0.467 e. The minimum absolute atomic E-state index is 0.00833. The van der Waals surface area contributed by atoms with E-state index in [0.717, 1.165) is 11.9 Å². The highest BCUT2D eigenvalue weighted by atomic mass is 32.2. The smallest absolute Gasteiger partial charge is 0.239 e. The first-order valence-corrected chi connectivity index (χ1v) is 11.4. The van der Waals surface area contributed by atoms with E-state index in [2.05, 4.69) is 15.6 Å². The molecule has 0 atom stereocenters. The minimum atomic E-state index is -3.83. The summed E-state index contributed by atoms with van der Waals surface area (Å²) in [6.07, 6.45) is 2.85. The lowest BCUT2D eigenvalue weighted by Crippen LogP contribution is -2.36. The summed E-state index contributed by atoms with van der Waals surface area (Å²) >= 11 is 0. The SMILES string of the molecule is CCCn1c(CCC(=O)NCC(=O)NCc2ccco2)nc2cc(S(N)(=O)=O)ccc21. The van der Waals surface area contributed by atoms with E-state index in [4.69, 9.17) is 9.56 Å². The standard InChI is InChI=1S/C20H25N5O5S/c1-2-9-25-17-6-5-15(31(21,28)29)11-16(17)24-18(25)7-8-19(26)23-13-20(27)22-12-14-4-3-10-30-14/h3-6,10-11H,2,7-9,12-13H2,1H3,(H,22,27)(H,23,26)(H2,21,28,29). The van der Waals surface area contributed by atoms with Gasteiger partial charge in [-0.3, -0.25) is 9.59 Å². The van der Waals surface area contributed by atoms with Crippen LogP contribution in [0.4, 0.5) is 0 Å². The molecule has 1 aromatic carbocycles. The largest absolute Gasteiger partial charge is 0.467 e. The molecular weight excluding hydrogens is 422 g/mol. The normalized spacial score (nSPS) is 11.5. The molecule has 0 unspecified atom stereocenters. The third-order valence-corrected chi connectivity index (χ3v) is 5.55. The van der Waals surface area contributed by atoms with Crippen molar-refractivity contribution in [2.45, 2.75) is 44.2 Å². The summed E-state index contributed by atoms with van der Waals surface area (Å²) in [5.41, 5.74) is 1.29. The Kier molecular flexibility index (Phi) is 7.08. The molecule has 10 nitrogen and oxygen atoms in total. The number of carbonyl (C=O) groups excluding carboxylic acids is 2. The molecule has 166 valence electrons. The van der Waals surface area contributed by atoms with Crippen LogP contribution >= 0.6 is 0 Å². The number of primary sulfonamides is 1. The Bertz CT molecular complexity index is 1170. The van der Waals surface area contributed by atoms with Crippen LogP contribution < -0.4 is 15.8 Å². The second kappa shape index (κ2) is 9.75. The summed E-state index contributed by atoms with van der Waals surface area (Å²) in [5, 5.41) is 10.4. The average Bonchev–Trinajstić information content (AvgIpc) is 3.36. The fraction of sp³-hybridized carbons (Fsp3) is 0.350. The Hall–Kier alpha value is -3.18. The van der Waals surface area contributed by atoms with Gasteiger partial charge in [-0.05, 0) is 36.8 Å². The first kappa shape index (κ1) is 22.5. The number of nitrogens with one attached hydrogen (secondary N) is 2. The number of sulfonamides is 1. The molecule has 2 amide bonds. The topological polar surface area (TPSA) is 149 Å². The predicted octanol–water partition coefficient (Wildman–Crippen LogP) is 1.05. The van der Waals surface area contributed by atoms with Gasteiger partial charge in [-0.15, -0.1) is 0 Å². The maximum Gasteiger partial charge on any atom is 0.239 e. The maximum atomic E-state index is 12.2. The van der Waals surface area contributed by atoms with Gasteiger partial charge in [-0.25, -0.2) is 18.5 Å². The van der Waals surface area contributed by atoms with Gasteiger partial charge in [-0.1, -0.05) is 6.92 Å². The molecule has 0 bridgehead atoms. The summed E-state index contributed by atoms with van der Waals surface area (Å²) in [6, 6.07) is 8.02. The van der Waals surface area contributed by atoms with Gasteiger partial charge in [0.1, 0.15) is 11.6 Å². The van der Waals surface area contributed by atoms with E-state index in [-0.39, 0.29) is 36.2 Å². The Balaban J connectivity index is 1.59. The molecule has 0 spiro atoms. The van der Waals surface area contributed by atoms with Crippen molar-refractivity contribution in [3.05, 3.63) is 48.2 Å². The number of hydrogen-bond acceptors (Lipinski definition) is 6. The lowest BCUT2D eigenvalue weighted by molar-refractivity contribution is -0.126. The van der Waals surface area contributed by atoms with Gasteiger partial charge in [0, 0.05) is 19.4 Å². The van der Waals surface area contributed by atoms with E-state index in [1.807, 2.05) is 11.5 Å². The van der Waals surface area contributed by atoms with E-state index in [9.17, 15) is 18.0 Å². The van der Waals surface area contributed by atoms with Crippen LogP contribution in [0.5, 0.6) is 0 Å². The second-order valence-electron chi connectivity index (χ2n) is 7.01. The molecule has 0 aliphatic rings. The number of hydrogen-bond donors (Lipinski definition) is 3. The molecule has 31 heavy (non-hydrogen) atoms. The second-order valence-corrected chi connectivity index (χ2v) is 8.57. The van der Waals surface area contributed by atoms with E-state index in [1.165, 1.54) is 18.4 Å². The van der Waals surface area contributed by atoms with Gasteiger partial charge in [0.15, 0.2) is 0 Å². The monoisotopic (exact) mass is 447 g/mol. The Morgan fingerprint density at radius 1 is 1.19 bits per heavy atom. The quantitative estimate of drug-likeness (QED) is 0.423. The van der Waals surface area contributed by atoms with Gasteiger partial charge in [-0.2, -0.15) is 0 Å². The molecular formula is C20H25N5O5S. The van der Waals surface area contributed by atoms with Crippen molar-refractivity contribution in [3.8, 4) is 0 Å². The summed E-state index contributed by atoms with van der Waals surface area (Å²) in [5.74, 6) is 0.688. The summed E-state index contributed by atoms with van der Waals surface area (Å²) < 4.78 is 30.3. The lowest BCUT2D eigenvalue weighted by Gasteiger charge is -2.09. The number of nitrogens with two attached hydrogens (primary N) is 1. The number of benzene rings is 1. The van der Waals surface area contributed by atoms with Crippen molar-refractivity contribution < 1.29 is 22.4 Å². The number of imidazole rings is 1. The molecule has 2 heterocycles. The number of aryl methyl sites for hydroxylation is 2. The van der Waals surface area contributed by atoms with Crippen LogP contribution in [0.2, 0.25) is 0 Å². The Labute approximate surface area is 179 Å². The number of rotatable bonds is 10. The summed E-state index contributed by atoms with van der Waals surface area (Å²) in [6.45, 7) is 2.81. The number of amides is 2. The van der Waals surface area contributed by atoms with Gasteiger partial charge in [0.05, 0.1) is 35.3 Å². The molecule has 3 aromatic rings. The van der Waals surface area contributed by atoms with Crippen LogP contribution in [0.1, 0.15) is 31.4 Å². The van der Waals surface area contributed by atoms with Crippen molar-refractivity contribution in [2.24, 2.45) is 5.14 Å². The summed E-state index contributed by atoms with van der Waals surface area (Å²) in [7, 11) is -3.83. The highest BCUT2D eigenvalue weighted by molar-refractivity contribution is 7.89. The van der Waals surface area contributed by atoms with Crippen LogP contribution in [-0.4, -0.2) is 36.3 Å². The molecule has 0 aliphatic carbocycles. The van der Waals surface area contributed by atoms with Crippen molar-refractivity contribution >= 4 is 32.9 Å². The van der Waals surface area contributed by atoms with Crippen LogP contribution in [0, 0.1) is 0 Å². The third-order valence-electron chi connectivity index (χ3n) is 4.64. The van der Waals surface area contributed by atoms with Crippen LogP contribution in [0.3, 0.4) is 0 Å². The number of carbonyl (C=O) groups is 2. The van der Waals surface area contributed by atoms with Crippen LogP contribution in [0.25, 0.3) is 11.0 Å². The fourth-order valence-corrected chi connectivity index (χ4v) is 3.69.